The lowest BCUT2D eigenvalue weighted by Crippen LogP contribution is -2.33. The molecule has 0 atom stereocenters. The molecule has 0 saturated carbocycles. The van der Waals surface area contributed by atoms with Gasteiger partial charge in [0.15, 0.2) is 37.9 Å². The van der Waals surface area contributed by atoms with Gasteiger partial charge in [-0.25, -0.2) is 9.13 Å². The van der Waals surface area contributed by atoms with Crippen LogP contribution in [0.4, 0.5) is 0 Å². The molecule has 0 saturated heterocycles. The molecule has 2 aromatic heterocycles. The Balaban J connectivity index is 2.15. The van der Waals surface area contributed by atoms with Crippen molar-refractivity contribution in [1.82, 2.24) is 0 Å². The zero-order valence-electron chi connectivity index (χ0n) is 12.3. The average Bonchev–Trinajstić information content (AvgIpc) is 2.39. The molecular weight excluding hydrogens is 244 g/mol. The fourth-order valence-corrected chi connectivity index (χ4v) is 2.13. The lowest BCUT2D eigenvalue weighted by Gasteiger charge is -2.01. The van der Waals surface area contributed by atoms with Crippen molar-refractivity contribution in [2.75, 3.05) is 0 Å². The first kappa shape index (κ1) is 14.2. The van der Waals surface area contributed by atoms with Crippen LogP contribution in [0.1, 0.15) is 13.8 Å². The molecule has 0 spiro atoms. The van der Waals surface area contributed by atoms with Crippen LogP contribution in [-0.2, 0) is 13.1 Å². The van der Waals surface area contributed by atoms with Gasteiger partial charge in [-0.05, 0) is 36.1 Å². The van der Waals surface area contributed by atoms with Crippen LogP contribution in [0.3, 0.4) is 0 Å². The van der Waals surface area contributed by atoms with Gasteiger partial charge in [-0.3, -0.25) is 0 Å². The Bertz CT molecular complexity index is 549. The number of aromatic nitrogens is 2. The van der Waals surface area contributed by atoms with E-state index < -0.39 is 0 Å². The summed E-state index contributed by atoms with van der Waals surface area (Å²) in [4.78, 5) is 0. The molecule has 2 nitrogen and oxygen atoms in total. The van der Waals surface area contributed by atoms with Crippen molar-refractivity contribution in [2.24, 2.45) is 0 Å². The van der Waals surface area contributed by atoms with Crippen LogP contribution in [0.5, 0.6) is 0 Å². The Morgan fingerprint density at radius 1 is 0.750 bits per heavy atom. The summed E-state index contributed by atoms with van der Waals surface area (Å²) < 4.78 is 4.27. The molecule has 0 aromatic carbocycles. The van der Waals surface area contributed by atoms with Crippen LogP contribution in [-0.4, -0.2) is 0 Å². The molecular formula is C18H22N2+2. The molecule has 0 fully saturated rings. The van der Waals surface area contributed by atoms with Gasteiger partial charge in [-0.15, -0.1) is 0 Å². The topological polar surface area (TPSA) is 7.76 Å². The monoisotopic (exact) mass is 266 g/mol. The summed E-state index contributed by atoms with van der Waals surface area (Å²) in [7, 11) is 0. The number of pyridine rings is 2. The third-order valence-electron chi connectivity index (χ3n) is 3.02. The van der Waals surface area contributed by atoms with Crippen molar-refractivity contribution < 1.29 is 9.13 Å². The number of hydrogen-bond acceptors (Lipinski definition) is 0. The van der Waals surface area contributed by atoms with Crippen molar-refractivity contribution in [3.63, 3.8) is 0 Å². The van der Waals surface area contributed by atoms with Gasteiger partial charge in [0.1, 0.15) is 0 Å². The van der Waals surface area contributed by atoms with Gasteiger partial charge < -0.3 is 0 Å². The quantitative estimate of drug-likeness (QED) is 0.580. The van der Waals surface area contributed by atoms with E-state index in [1.54, 1.807) is 0 Å². The highest BCUT2D eigenvalue weighted by molar-refractivity contribution is 5.60. The zero-order valence-corrected chi connectivity index (χ0v) is 12.3. The van der Waals surface area contributed by atoms with Crippen LogP contribution in [0.15, 0.2) is 73.4 Å². The normalized spacial score (nSPS) is 10.3. The van der Waals surface area contributed by atoms with Gasteiger partial charge in [0.05, 0.1) is 0 Å². The summed E-state index contributed by atoms with van der Waals surface area (Å²) in [6.07, 6.45) is 8.38. The van der Waals surface area contributed by atoms with E-state index in [0.717, 1.165) is 24.2 Å². The van der Waals surface area contributed by atoms with E-state index in [4.69, 9.17) is 0 Å². The van der Waals surface area contributed by atoms with E-state index in [-0.39, 0.29) is 0 Å². The Morgan fingerprint density at radius 2 is 1.05 bits per heavy atom. The second kappa shape index (κ2) is 6.29. The highest BCUT2D eigenvalue weighted by atomic mass is 14.9. The van der Waals surface area contributed by atoms with E-state index >= 15 is 0 Å². The number of nitrogens with zero attached hydrogens (tertiary/aromatic N) is 2. The molecule has 0 unspecified atom stereocenters. The van der Waals surface area contributed by atoms with Crippen LogP contribution in [0.2, 0.25) is 0 Å². The third kappa shape index (κ3) is 3.89. The second-order valence-electron chi connectivity index (χ2n) is 5.43. The van der Waals surface area contributed by atoms with E-state index in [1.807, 2.05) is 13.8 Å². The first-order valence-corrected chi connectivity index (χ1v) is 6.82. The summed E-state index contributed by atoms with van der Waals surface area (Å²) in [5.74, 6) is 0. The molecule has 2 rings (SSSR count). The predicted molar refractivity (Wildman–Crippen MR) is 81.9 cm³/mol. The fourth-order valence-electron chi connectivity index (χ4n) is 2.13. The minimum absolute atomic E-state index is 0.869. The summed E-state index contributed by atoms with van der Waals surface area (Å²) in [5.41, 5.74) is 4.77. The lowest BCUT2D eigenvalue weighted by molar-refractivity contribution is -0.689. The van der Waals surface area contributed by atoms with Crippen molar-refractivity contribution in [1.29, 1.82) is 0 Å². The SMILES string of the molecule is C=C(C)C[n+]1ccc(-c2cc[n+](CC(=C)C)cc2)cc1. The summed E-state index contributed by atoms with van der Waals surface area (Å²) >= 11 is 0. The highest BCUT2D eigenvalue weighted by Crippen LogP contribution is 2.15. The minimum atomic E-state index is 0.869. The maximum Gasteiger partial charge on any atom is 0.169 e. The molecule has 0 amide bonds. The molecule has 0 radical (unpaired) electrons. The zero-order chi connectivity index (χ0) is 14.5. The molecule has 0 aliphatic heterocycles. The Labute approximate surface area is 121 Å². The van der Waals surface area contributed by atoms with Crippen LogP contribution >= 0.6 is 0 Å². The predicted octanol–water partition coefficient (Wildman–Crippen LogP) is 3.08. The van der Waals surface area contributed by atoms with Gasteiger partial charge in [0.2, 0.25) is 0 Å². The number of hydrogen-bond donors (Lipinski definition) is 0. The second-order valence-corrected chi connectivity index (χ2v) is 5.43. The molecule has 102 valence electrons. The first-order valence-electron chi connectivity index (χ1n) is 6.82. The van der Waals surface area contributed by atoms with Crippen molar-refractivity contribution in [3.05, 3.63) is 73.4 Å². The van der Waals surface area contributed by atoms with Gasteiger partial charge >= 0.3 is 0 Å². The molecule has 0 N–H and O–H groups in total. The molecule has 20 heavy (non-hydrogen) atoms. The Morgan fingerprint density at radius 3 is 1.30 bits per heavy atom. The van der Waals surface area contributed by atoms with Gasteiger partial charge in [-0.1, -0.05) is 13.2 Å². The lowest BCUT2D eigenvalue weighted by atomic mass is 10.1. The van der Waals surface area contributed by atoms with Crippen LogP contribution in [0, 0.1) is 0 Å². The van der Waals surface area contributed by atoms with Crippen molar-refractivity contribution in [3.8, 4) is 11.1 Å². The van der Waals surface area contributed by atoms with Gasteiger partial charge in [0.25, 0.3) is 0 Å². The maximum atomic E-state index is 3.93. The largest absolute Gasteiger partial charge is 0.201 e. The van der Waals surface area contributed by atoms with E-state index in [0.29, 0.717) is 0 Å². The molecule has 0 aliphatic carbocycles. The smallest absolute Gasteiger partial charge is 0.169 e. The highest BCUT2D eigenvalue weighted by Gasteiger charge is 2.05. The van der Waals surface area contributed by atoms with Crippen molar-refractivity contribution >= 4 is 0 Å². The fraction of sp³-hybridized carbons (Fsp3) is 0.222. The standard InChI is InChI=1S/C18H22N2/c1-15(2)13-19-9-5-17(6-10-19)18-7-11-20(12-8-18)14-16(3)4/h5-12H,1,3,13-14H2,2,4H3/q+2. The number of rotatable bonds is 5. The summed E-state index contributed by atoms with van der Waals surface area (Å²) in [6, 6.07) is 8.56. The molecule has 0 aliphatic rings. The number of allylic oxidation sites excluding steroid dienone is 2. The Hall–Kier alpha value is -2.22. The van der Waals surface area contributed by atoms with E-state index in [2.05, 4.69) is 71.3 Å². The molecule has 0 bridgehead atoms. The molecule has 2 aromatic rings. The van der Waals surface area contributed by atoms with Gasteiger partial charge in [0, 0.05) is 24.3 Å². The average molecular weight is 266 g/mol. The van der Waals surface area contributed by atoms with E-state index in [1.165, 1.54) is 11.1 Å². The Kier molecular flexibility index (Phi) is 4.46. The third-order valence-corrected chi connectivity index (χ3v) is 3.02. The van der Waals surface area contributed by atoms with E-state index in [9.17, 15) is 0 Å². The van der Waals surface area contributed by atoms with Crippen LogP contribution in [0.25, 0.3) is 11.1 Å². The van der Waals surface area contributed by atoms with Gasteiger partial charge in [-0.2, -0.15) is 0 Å². The summed E-state index contributed by atoms with van der Waals surface area (Å²) in [5, 5.41) is 0. The molecule has 2 heteroatoms. The molecule has 2 heterocycles. The van der Waals surface area contributed by atoms with Crippen LogP contribution < -0.4 is 9.13 Å². The maximum absolute atomic E-state index is 3.93. The van der Waals surface area contributed by atoms with Crippen molar-refractivity contribution in [2.45, 2.75) is 26.9 Å². The minimum Gasteiger partial charge on any atom is -0.201 e. The summed E-state index contributed by atoms with van der Waals surface area (Å²) in [6.45, 7) is 13.7. The first-order chi connectivity index (χ1) is 9.54.